The first-order valence-corrected chi connectivity index (χ1v) is 7.78. The quantitative estimate of drug-likeness (QED) is 0.758. The van der Waals surface area contributed by atoms with Crippen LogP contribution in [0.2, 0.25) is 0 Å². The van der Waals surface area contributed by atoms with E-state index in [1.54, 1.807) is 13.8 Å². The second-order valence-electron chi connectivity index (χ2n) is 5.85. The van der Waals surface area contributed by atoms with Gasteiger partial charge in [-0.15, -0.1) is 0 Å². The lowest BCUT2D eigenvalue weighted by Crippen LogP contribution is -2.50. The van der Waals surface area contributed by atoms with Gasteiger partial charge in [0.15, 0.2) is 0 Å². The number of carbonyl (C=O) groups excluding carboxylic acids is 1. The third-order valence-corrected chi connectivity index (χ3v) is 4.36. The fourth-order valence-electron chi connectivity index (χ4n) is 1.76. The van der Waals surface area contributed by atoms with Crippen molar-refractivity contribution >= 4 is 15.9 Å². The van der Waals surface area contributed by atoms with Crippen molar-refractivity contribution in [3.63, 3.8) is 0 Å². The number of hydrogen-bond acceptors (Lipinski definition) is 4. The average molecular weight is 302 g/mol. The van der Waals surface area contributed by atoms with Gasteiger partial charge in [0.05, 0.1) is 17.4 Å². The van der Waals surface area contributed by atoms with Gasteiger partial charge in [-0.3, -0.25) is 9.89 Å². The minimum absolute atomic E-state index is 0.0907. The van der Waals surface area contributed by atoms with E-state index in [1.807, 2.05) is 20.8 Å². The average Bonchev–Trinajstić information content (AvgIpc) is 2.55. The van der Waals surface area contributed by atoms with Crippen molar-refractivity contribution in [2.75, 3.05) is 0 Å². The van der Waals surface area contributed by atoms with Gasteiger partial charge >= 0.3 is 0 Å². The fraction of sp³-hybridized carbons (Fsp3) is 0.667. The molecule has 0 aromatic carbocycles. The summed E-state index contributed by atoms with van der Waals surface area (Å²) in [5, 5.41) is 9.19. The summed E-state index contributed by atoms with van der Waals surface area (Å²) in [5.41, 5.74) is 0.398. The summed E-state index contributed by atoms with van der Waals surface area (Å²) in [4.78, 5) is 12.0. The summed E-state index contributed by atoms with van der Waals surface area (Å²) in [6.45, 7) is 10.2. The Balaban J connectivity index is 2.90. The van der Waals surface area contributed by atoms with Crippen LogP contribution in [0.3, 0.4) is 0 Å². The molecule has 3 N–H and O–H groups in total. The van der Waals surface area contributed by atoms with Crippen LogP contribution >= 0.6 is 0 Å². The lowest BCUT2D eigenvalue weighted by molar-refractivity contribution is -0.123. The lowest BCUT2D eigenvalue weighted by atomic mass is 10.1. The fourth-order valence-corrected chi connectivity index (χ4v) is 3.33. The maximum absolute atomic E-state index is 12.3. The first-order chi connectivity index (χ1) is 8.94. The third kappa shape index (κ3) is 4.04. The summed E-state index contributed by atoms with van der Waals surface area (Å²) >= 11 is 0. The second kappa shape index (κ2) is 5.53. The molecule has 1 aromatic rings. The molecule has 0 aliphatic heterocycles. The van der Waals surface area contributed by atoms with Crippen LogP contribution in [-0.2, 0) is 14.8 Å². The molecule has 0 bridgehead atoms. The van der Waals surface area contributed by atoms with Crippen LogP contribution in [0.1, 0.15) is 39.1 Å². The van der Waals surface area contributed by atoms with E-state index in [2.05, 4.69) is 20.2 Å². The van der Waals surface area contributed by atoms with Crippen LogP contribution in [-0.4, -0.2) is 36.1 Å². The zero-order valence-electron chi connectivity index (χ0n) is 12.7. The van der Waals surface area contributed by atoms with Gasteiger partial charge in [-0.25, -0.2) is 8.42 Å². The highest BCUT2D eigenvalue weighted by molar-refractivity contribution is 7.89. The Morgan fingerprint density at radius 3 is 2.25 bits per heavy atom. The summed E-state index contributed by atoms with van der Waals surface area (Å²) in [6, 6.07) is -0.868. The van der Waals surface area contributed by atoms with Crippen LogP contribution in [0.5, 0.6) is 0 Å². The Bertz CT molecular complexity index is 579. The van der Waals surface area contributed by atoms with Gasteiger partial charge in [0.1, 0.15) is 4.90 Å². The normalized spacial score (nSPS) is 14.1. The van der Waals surface area contributed by atoms with Gasteiger partial charge in [0.25, 0.3) is 0 Å². The number of H-pyrrole nitrogens is 1. The molecular formula is C12H22N4O3S. The molecule has 0 radical (unpaired) electrons. The molecular weight excluding hydrogens is 280 g/mol. The predicted molar refractivity (Wildman–Crippen MR) is 75.7 cm³/mol. The van der Waals surface area contributed by atoms with Gasteiger partial charge < -0.3 is 5.32 Å². The maximum Gasteiger partial charge on any atom is 0.244 e. The Hall–Kier alpha value is -1.41. The van der Waals surface area contributed by atoms with Crippen LogP contribution in [0.25, 0.3) is 0 Å². The number of amides is 1. The molecule has 0 aliphatic rings. The zero-order valence-corrected chi connectivity index (χ0v) is 13.5. The number of aromatic amines is 1. The lowest BCUT2D eigenvalue weighted by Gasteiger charge is -2.23. The van der Waals surface area contributed by atoms with Gasteiger partial charge in [0.2, 0.25) is 15.9 Å². The first kappa shape index (κ1) is 16.6. The molecule has 0 fully saturated rings. The highest BCUT2D eigenvalue weighted by Crippen LogP contribution is 2.16. The van der Waals surface area contributed by atoms with Crippen molar-refractivity contribution < 1.29 is 13.2 Å². The highest BCUT2D eigenvalue weighted by atomic mass is 32.2. The van der Waals surface area contributed by atoms with E-state index >= 15 is 0 Å². The maximum atomic E-state index is 12.3. The molecule has 7 nitrogen and oxygen atoms in total. The molecule has 0 saturated heterocycles. The first-order valence-electron chi connectivity index (χ1n) is 6.30. The molecule has 8 heteroatoms. The Kier molecular flexibility index (Phi) is 4.60. The minimum atomic E-state index is -3.78. The number of aromatic nitrogens is 2. The number of carbonyl (C=O) groups is 1. The molecule has 20 heavy (non-hydrogen) atoms. The van der Waals surface area contributed by atoms with Gasteiger partial charge in [-0.1, -0.05) is 0 Å². The monoisotopic (exact) mass is 302 g/mol. The van der Waals surface area contributed by atoms with Gasteiger partial charge in [0, 0.05) is 5.54 Å². The SMILES string of the molecule is Cc1n[nH]c(C)c1S(=O)(=O)NC(C)C(=O)NC(C)(C)C. The molecule has 1 aromatic heterocycles. The van der Waals surface area contributed by atoms with Crippen LogP contribution < -0.4 is 10.0 Å². The summed E-state index contributed by atoms with van der Waals surface area (Å²) in [6.07, 6.45) is 0. The summed E-state index contributed by atoms with van der Waals surface area (Å²) in [7, 11) is -3.78. The second-order valence-corrected chi connectivity index (χ2v) is 7.50. The van der Waals surface area contributed by atoms with E-state index < -0.39 is 21.6 Å². The number of sulfonamides is 1. The van der Waals surface area contributed by atoms with Crippen molar-refractivity contribution in [1.29, 1.82) is 0 Å². The smallest absolute Gasteiger partial charge is 0.244 e. The molecule has 1 rings (SSSR count). The van der Waals surface area contributed by atoms with Crippen molar-refractivity contribution in [3.05, 3.63) is 11.4 Å². The van der Waals surface area contributed by atoms with Gasteiger partial charge in [-0.05, 0) is 41.5 Å². The third-order valence-electron chi connectivity index (χ3n) is 2.55. The molecule has 1 heterocycles. The van der Waals surface area contributed by atoms with E-state index in [9.17, 15) is 13.2 Å². The molecule has 0 saturated carbocycles. The number of nitrogens with zero attached hydrogens (tertiary/aromatic N) is 1. The Morgan fingerprint density at radius 1 is 1.30 bits per heavy atom. The van der Waals surface area contributed by atoms with Crippen molar-refractivity contribution in [1.82, 2.24) is 20.2 Å². The van der Waals surface area contributed by atoms with E-state index in [-0.39, 0.29) is 10.8 Å². The highest BCUT2D eigenvalue weighted by Gasteiger charge is 2.28. The molecule has 0 spiro atoms. The van der Waals surface area contributed by atoms with Crippen molar-refractivity contribution in [2.45, 2.75) is 58.0 Å². The molecule has 114 valence electrons. The summed E-state index contributed by atoms with van der Waals surface area (Å²) in [5.74, 6) is -0.375. The van der Waals surface area contributed by atoms with E-state index in [0.717, 1.165) is 0 Å². The number of nitrogens with one attached hydrogen (secondary N) is 3. The molecule has 1 amide bonds. The zero-order chi connectivity index (χ0) is 15.7. The number of hydrogen-bond donors (Lipinski definition) is 3. The summed E-state index contributed by atoms with van der Waals surface area (Å²) < 4.78 is 26.9. The van der Waals surface area contributed by atoms with E-state index in [1.165, 1.54) is 6.92 Å². The Labute approximate surface area is 119 Å². The van der Waals surface area contributed by atoms with Crippen LogP contribution in [0.4, 0.5) is 0 Å². The van der Waals surface area contributed by atoms with Crippen molar-refractivity contribution in [3.8, 4) is 0 Å². The van der Waals surface area contributed by atoms with E-state index in [4.69, 9.17) is 0 Å². The number of aryl methyl sites for hydroxylation is 2. The minimum Gasteiger partial charge on any atom is -0.350 e. The standard InChI is InChI=1S/C12H22N4O3S/c1-7-10(8(2)15-14-7)20(18,19)16-9(3)11(17)13-12(4,5)6/h9,16H,1-6H3,(H,13,17)(H,14,15). The van der Waals surface area contributed by atoms with Gasteiger partial charge in [-0.2, -0.15) is 9.82 Å². The predicted octanol–water partition coefficient (Wildman–Crippen LogP) is 0.608. The van der Waals surface area contributed by atoms with Crippen LogP contribution in [0, 0.1) is 13.8 Å². The Morgan fingerprint density at radius 2 is 1.85 bits per heavy atom. The molecule has 0 aliphatic carbocycles. The van der Waals surface area contributed by atoms with E-state index in [0.29, 0.717) is 11.4 Å². The topological polar surface area (TPSA) is 104 Å². The van der Waals surface area contributed by atoms with Crippen LogP contribution in [0.15, 0.2) is 4.90 Å². The molecule has 1 unspecified atom stereocenters. The molecule has 1 atom stereocenters. The number of rotatable bonds is 4. The van der Waals surface area contributed by atoms with Crippen molar-refractivity contribution in [2.24, 2.45) is 0 Å². The largest absolute Gasteiger partial charge is 0.350 e.